The highest BCUT2D eigenvalue weighted by atomic mass is 28.2. The van der Waals surface area contributed by atoms with Crippen LogP contribution in [-0.4, -0.2) is 32.9 Å². The van der Waals surface area contributed by atoms with Crippen LogP contribution in [0.3, 0.4) is 0 Å². The highest BCUT2D eigenvalue weighted by Gasteiger charge is 2.48. The average molecular weight is 322 g/mol. The molecule has 2 rings (SSSR count). The molecule has 0 radical (unpaired) electrons. The van der Waals surface area contributed by atoms with Crippen LogP contribution in [-0.2, 0) is 15.6 Å². The molecule has 22 heavy (non-hydrogen) atoms. The van der Waals surface area contributed by atoms with Gasteiger partial charge in [-0.25, -0.2) is 9.69 Å². The number of hydrogen-bond acceptors (Lipinski definition) is 4. The van der Waals surface area contributed by atoms with Crippen molar-refractivity contribution < 1.29 is 14.0 Å². The van der Waals surface area contributed by atoms with Crippen molar-refractivity contribution in [3.8, 4) is 0 Å². The zero-order chi connectivity index (χ0) is 16.7. The van der Waals surface area contributed by atoms with Gasteiger partial charge in [-0.3, -0.25) is 4.98 Å². The Labute approximate surface area is 135 Å². The van der Waals surface area contributed by atoms with E-state index in [1.54, 1.807) is 11.1 Å². The Morgan fingerprint density at radius 1 is 1.50 bits per heavy atom. The molecule has 2 atom stereocenters. The number of aryl methyl sites for hydroxylation is 1. The van der Waals surface area contributed by atoms with E-state index in [1.165, 1.54) is 0 Å². The maximum atomic E-state index is 12.9. The van der Waals surface area contributed by atoms with Crippen LogP contribution >= 0.6 is 0 Å². The van der Waals surface area contributed by atoms with Crippen LogP contribution in [0.25, 0.3) is 0 Å². The minimum Gasteiger partial charge on any atom is -0.443 e. The Bertz CT molecular complexity index is 585. The maximum Gasteiger partial charge on any atom is 0.417 e. The molecule has 0 bridgehead atoms. The minimum atomic E-state index is -0.699. The summed E-state index contributed by atoms with van der Waals surface area (Å²) >= 11 is 0. The molecule has 0 fully saturated rings. The van der Waals surface area contributed by atoms with Gasteiger partial charge in [0.2, 0.25) is 0 Å². The van der Waals surface area contributed by atoms with Gasteiger partial charge >= 0.3 is 6.09 Å². The molecule has 5 nitrogen and oxygen atoms in total. The molecule has 0 saturated heterocycles. The molecule has 6 heteroatoms. The van der Waals surface area contributed by atoms with Crippen molar-refractivity contribution in [2.45, 2.75) is 59.3 Å². The molecule has 0 saturated carbocycles. The van der Waals surface area contributed by atoms with Crippen LogP contribution in [0.15, 0.2) is 12.3 Å². The van der Waals surface area contributed by atoms with Crippen LogP contribution in [0.2, 0.25) is 0 Å². The second-order valence-corrected chi connectivity index (χ2v) is 7.51. The summed E-state index contributed by atoms with van der Waals surface area (Å²) in [5.41, 5.74) is 1.51. The second-order valence-electron chi connectivity index (χ2n) is 7.10. The summed E-state index contributed by atoms with van der Waals surface area (Å²) in [5, 5.41) is 0. The Morgan fingerprint density at radius 2 is 2.14 bits per heavy atom. The number of pyridine rings is 1. The van der Waals surface area contributed by atoms with Gasteiger partial charge < -0.3 is 9.16 Å². The van der Waals surface area contributed by atoms with Crippen LogP contribution in [0.5, 0.6) is 0 Å². The number of amides is 1. The van der Waals surface area contributed by atoms with Crippen molar-refractivity contribution >= 4 is 22.3 Å². The van der Waals surface area contributed by atoms with E-state index in [0.29, 0.717) is 10.5 Å². The number of nitrogens with zero attached hydrogens (tertiary/aromatic N) is 2. The Morgan fingerprint density at radius 3 is 2.68 bits per heavy atom. The molecule has 1 aliphatic rings. The topological polar surface area (TPSA) is 51.7 Å². The van der Waals surface area contributed by atoms with E-state index in [1.807, 2.05) is 40.7 Å². The summed E-state index contributed by atoms with van der Waals surface area (Å²) in [6.07, 6.45) is 2.20. The lowest BCUT2D eigenvalue weighted by atomic mass is 9.86. The summed E-state index contributed by atoms with van der Waals surface area (Å²) in [4.78, 5) is 19.0. The first-order chi connectivity index (χ1) is 10.1. The second kappa shape index (κ2) is 5.66. The highest BCUT2D eigenvalue weighted by molar-refractivity contribution is 6.00. The summed E-state index contributed by atoms with van der Waals surface area (Å²) in [6, 6.07) is 1.92. The van der Waals surface area contributed by atoms with Crippen LogP contribution in [0, 0.1) is 12.8 Å². The molecule has 1 aromatic rings. The van der Waals surface area contributed by atoms with E-state index in [0.717, 1.165) is 23.4 Å². The summed E-state index contributed by atoms with van der Waals surface area (Å²) < 4.78 is 11.5. The van der Waals surface area contributed by atoms with Crippen molar-refractivity contribution in [2.24, 2.45) is 5.92 Å². The lowest BCUT2D eigenvalue weighted by Crippen LogP contribution is -2.60. The van der Waals surface area contributed by atoms with Crippen molar-refractivity contribution in [3.05, 3.63) is 23.5 Å². The zero-order valence-corrected chi connectivity index (χ0v) is 16.6. The number of ether oxygens (including phenoxy) is 1. The van der Waals surface area contributed by atoms with Crippen molar-refractivity contribution in [3.63, 3.8) is 0 Å². The Balaban J connectivity index is 2.57. The van der Waals surface area contributed by atoms with Gasteiger partial charge in [0.15, 0.2) is 0 Å². The molecule has 0 N–H and O–H groups in total. The smallest absolute Gasteiger partial charge is 0.417 e. The molecule has 0 aliphatic carbocycles. The van der Waals surface area contributed by atoms with Crippen LogP contribution in [0.4, 0.5) is 10.5 Å². The molecule has 2 unspecified atom stereocenters. The van der Waals surface area contributed by atoms with Crippen molar-refractivity contribution in [1.82, 2.24) is 4.98 Å². The predicted octanol–water partition coefficient (Wildman–Crippen LogP) is 2.34. The van der Waals surface area contributed by atoms with Gasteiger partial charge in [-0.2, -0.15) is 0 Å². The molecular weight excluding hydrogens is 296 g/mol. The molecular formula is C16H26N2O3Si. The van der Waals surface area contributed by atoms with Crippen molar-refractivity contribution in [2.75, 3.05) is 4.90 Å². The number of carbonyl (C=O) groups is 1. The number of hydrogen-bond donors (Lipinski definition) is 0. The van der Waals surface area contributed by atoms with Crippen LogP contribution < -0.4 is 4.90 Å². The third kappa shape index (κ3) is 2.90. The zero-order valence-electron chi connectivity index (χ0n) is 14.6. The van der Waals surface area contributed by atoms with E-state index in [-0.39, 0.29) is 12.0 Å². The normalized spacial score (nSPS) is 25.0. The van der Waals surface area contributed by atoms with E-state index in [9.17, 15) is 4.79 Å². The Kier molecular flexibility index (Phi) is 4.36. The van der Waals surface area contributed by atoms with Crippen molar-refractivity contribution in [1.29, 1.82) is 0 Å². The number of carbonyl (C=O) groups excluding carboxylic acids is 1. The van der Waals surface area contributed by atoms with E-state index < -0.39 is 11.3 Å². The summed E-state index contributed by atoms with van der Waals surface area (Å²) in [6.45, 7) is 11.6. The molecule has 122 valence electrons. The number of fused-ring (bicyclic) bond motifs is 1. The first-order valence-electron chi connectivity index (χ1n) is 7.63. The lowest BCUT2D eigenvalue weighted by molar-refractivity contribution is 0.00675. The molecule has 0 aromatic carbocycles. The number of rotatable bonds is 1. The fraction of sp³-hybridized carbons (Fsp3) is 0.625. The van der Waals surface area contributed by atoms with Crippen LogP contribution in [0.1, 0.15) is 45.9 Å². The average Bonchev–Trinajstić information content (AvgIpc) is 2.39. The summed E-state index contributed by atoms with van der Waals surface area (Å²) in [5.74, 6) is 0.138. The summed E-state index contributed by atoms with van der Waals surface area (Å²) in [7, 11) is 0.538. The van der Waals surface area contributed by atoms with E-state index in [2.05, 4.69) is 11.9 Å². The lowest BCUT2D eigenvalue weighted by Gasteiger charge is -2.48. The highest BCUT2D eigenvalue weighted by Crippen LogP contribution is 2.42. The largest absolute Gasteiger partial charge is 0.443 e. The number of aromatic nitrogens is 1. The predicted molar refractivity (Wildman–Crippen MR) is 90.0 cm³/mol. The van der Waals surface area contributed by atoms with Gasteiger partial charge in [-0.05, 0) is 52.7 Å². The molecule has 0 spiro atoms. The fourth-order valence-electron chi connectivity index (χ4n) is 2.86. The van der Waals surface area contributed by atoms with Gasteiger partial charge in [0.05, 0.1) is 11.4 Å². The quantitative estimate of drug-likeness (QED) is 0.745. The molecule has 2 heterocycles. The van der Waals surface area contributed by atoms with Gasteiger partial charge in [0.1, 0.15) is 21.8 Å². The van der Waals surface area contributed by atoms with Gasteiger partial charge in [-0.1, -0.05) is 6.92 Å². The van der Waals surface area contributed by atoms with Gasteiger partial charge in [-0.15, -0.1) is 0 Å². The van der Waals surface area contributed by atoms with Gasteiger partial charge in [0, 0.05) is 12.1 Å². The first kappa shape index (κ1) is 17.0. The third-order valence-electron chi connectivity index (χ3n) is 4.27. The monoisotopic (exact) mass is 322 g/mol. The maximum absolute atomic E-state index is 12.9. The standard InChI is InChI=1S/C16H26N2O3Si/c1-10-7-8-17-12-9-11(2)16(6,21-22)18(13(10)12)14(19)20-15(3,4)5/h7-8,11H,9H2,1-6,22H3. The third-order valence-corrected chi connectivity index (χ3v) is 5.10. The molecule has 1 aliphatic heterocycles. The minimum absolute atomic E-state index is 0.138. The first-order valence-corrected chi connectivity index (χ1v) is 8.44. The van der Waals surface area contributed by atoms with Gasteiger partial charge in [0.25, 0.3) is 0 Å². The van der Waals surface area contributed by atoms with E-state index >= 15 is 0 Å². The molecule has 1 aromatic heterocycles. The molecule has 1 amide bonds. The van der Waals surface area contributed by atoms with E-state index in [4.69, 9.17) is 9.16 Å². The number of anilines is 1. The Hall–Kier alpha value is -1.40. The fourth-order valence-corrected chi connectivity index (χ4v) is 3.44. The SMILES string of the molecule is Cc1ccnc2c1N(C(=O)OC(C)(C)C)C(C)(O[SiH3])C(C)C2.